The second kappa shape index (κ2) is 5.64. The van der Waals surface area contributed by atoms with Gasteiger partial charge in [0, 0.05) is 9.86 Å². The number of nitrogens with zero attached hydrogens (tertiary/aromatic N) is 2. The monoisotopic (exact) mass is 352 g/mol. The van der Waals surface area contributed by atoms with Crippen molar-refractivity contribution in [2.24, 2.45) is 0 Å². The minimum atomic E-state index is -1.75. The van der Waals surface area contributed by atoms with Crippen molar-refractivity contribution in [1.82, 2.24) is 9.45 Å². The second-order valence-electron chi connectivity index (χ2n) is 6.61. The second-order valence-corrected chi connectivity index (χ2v) is 13.2. The molecule has 4 heteroatoms. The first-order valence-corrected chi connectivity index (χ1v) is 10.4. The van der Waals surface area contributed by atoms with Crippen molar-refractivity contribution in [3.8, 4) is 0 Å². The Morgan fingerprint density at radius 1 is 1.00 bits per heavy atom. The Morgan fingerprint density at radius 3 is 2.05 bits per heavy atom. The van der Waals surface area contributed by atoms with Crippen molar-refractivity contribution in [2.45, 2.75) is 58.2 Å². The normalized spacial score (nSPS) is 13.1. The lowest BCUT2D eigenvalue weighted by Gasteiger charge is -2.43. The van der Waals surface area contributed by atoms with E-state index < -0.39 is 8.24 Å². The fourth-order valence-electron chi connectivity index (χ4n) is 4.03. The topological polar surface area (TPSA) is 17.8 Å². The first kappa shape index (κ1) is 15.8. The van der Waals surface area contributed by atoms with Gasteiger partial charge in [-0.3, -0.25) is 4.35 Å². The summed E-state index contributed by atoms with van der Waals surface area (Å²) in [5.41, 5.74) is 3.25. The third-order valence-corrected chi connectivity index (χ3v) is 11.8. The van der Waals surface area contributed by atoms with Crippen molar-refractivity contribution in [3.63, 3.8) is 0 Å². The zero-order chi connectivity index (χ0) is 15.1. The molecular weight excluding hydrogens is 328 g/mol. The van der Waals surface area contributed by atoms with Gasteiger partial charge in [0.05, 0.1) is 11.7 Å². The molecule has 0 aliphatic carbocycles. The summed E-state index contributed by atoms with van der Waals surface area (Å²) in [6.07, 6.45) is 2.02. The summed E-state index contributed by atoms with van der Waals surface area (Å²) in [6, 6.07) is 6.47. The van der Waals surface area contributed by atoms with E-state index in [9.17, 15) is 0 Å². The van der Waals surface area contributed by atoms with Crippen molar-refractivity contribution in [3.05, 3.63) is 28.9 Å². The Bertz CT molecular complexity index is 580. The number of halogens is 1. The average molecular weight is 353 g/mol. The number of fused-ring (bicyclic) bond motifs is 1. The van der Waals surface area contributed by atoms with Gasteiger partial charge in [0.1, 0.15) is 0 Å². The third kappa shape index (κ3) is 2.27. The summed E-state index contributed by atoms with van der Waals surface area (Å²) >= 11 is 3.60. The maximum Gasteiger partial charge on any atom is 0.193 e. The minimum absolute atomic E-state index is 0.657. The molecule has 0 N–H and O–H groups in total. The molecule has 1 heterocycles. The third-order valence-electron chi connectivity index (χ3n) is 4.67. The van der Waals surface area contributed by atoms with E-state index in [1.807, 2.05) is 6.20 Å². The molecule has 0 radical (unpaired) electrons. The van der Waals surface area contributed by atoms with Crippen LogP contribution in [0.25, 0.3) is 10.9 Å². The van der Waals surface area contributed by atoms with Crippen LogP contribution in [0.1, 0.15) is 41.5 Å². The summed E-state index contributed by atoms with van der Waals surface area (Å²) < 4.78 is 3.54. The highest BCUT2D eigenvalue weighted by Gasteiger charge is 2.46. The first-order valence-electron chi connectivity index (χ1n) is 7.45. The van der Waals surface area contributed by atoms with E-state index in [4.69, 9.17) is 5.10 Å². The highest BCUT2D eigenvalue weighted by molar-refractivity contribution is 9.10. The van der Waals surface area contributed by atoms with Gasteiger partial charge in [0.15, 0.2) is 8.24 Å². The lowest BCUT2D eigenvalue weighted by molar-refractivity contribution is 0.736. The molecule has 0 aliphatic rings. The van der Waals surface area contributed by atoms with Crippen LogP contribution < -0.4 is 0 Å². The van der Waals surface area contributed by atoms with Crippen LogP contribution in [0.5, 0.6) is 0 Å². The predicted octanol–water partition coefficient (Wildman–Crippen LogP) is 5.82. The Hall–Kier alpha value is -0.613. The maximum atomic E-state index is 4.83. The van der Waals surface area contributed by atoms with Gasteiger partial charge in [-0.2, -0.15) is 5.10 Å². The highest BCUT2D eigenvalue weighted by atomic mass is 79.9. The maximum absolute atomic E-state index is 4.83. The molecule has 2 aromatic rings. The van der Waals surface area contributed by atoms with E-state index in [0.29, 0.717) is 16.6 Å². The van der Waals surface area contributed by atoms with Crippen molar-refractivity contribution in [1.29, 1.82) is 0 Å². The van der Waals surface area contributed by atoms with Gasteiger partial charge in [-0.25, -0.2) is 0 Å². The number of hydrogen-bond acceptors (Lipinski definition) is 1. The Balaban J connectivity index is 2.78. The predicted molar refractivity (Wildman–Crippen MR) is 93.9 cm³/mol. The van der Waals surface area contributed by atoms with E-state index in [-0.39, 0.29) is 0 Å². The number of benzene rings is 1. The first-order chi connectivity index (χ1) is 9.31. The molecule has 1 aromatic heterocycles. The molecule has 20 heavy (non-hydrogen) atoms. The fraction of sp³-hybridized carbons (Fsp3) is 0.562. The van der Waals surface area contributed by atoms with Crippen molar-refractivity contribution >= 4 is 35.1 Å². The molecule has 0 unspecified atom stereocenters. The minimum Gasteiger partial charge on any atom is -0.293 e. The van der Waals surface area contributed by atoms with Crippen molar-refractivity contribution < 1.29 is 0 Å². The van der Waals surface area contributed by atoms with E-state index >= 15 is 0 Å². The number of rotatable bonds is 4. The van der Waals surface area contributed by atoms with E-state index in [1.54, 1.807) is 0 Å². The molecule has 110 valence electrons. The lowest BCUT2D eigenvalue weighted by atomic mass is 10.3. The molecule has 1 aromatic carbocycles. The highest BCUT2D eigenvalue weighted by Crippen LogP contribution is 2.43. The molecule has 0 aliphatic heterocycles. The Labute approximate surface area is 131 Å². The van der Waals surface area contributed by atoms with Crippen LogP contribution in [-0.4, -0.2) is 17.7 Å². The molecule has 0 bridgehead atoms. The number of aromatic nitrogens is 2. The van der Waals surface area contributed by atoms with E-state index in [2.05, 4.69) is 80.0 Å². The van der Waals surface area contributed by atoms with Crippen LogP contribution in [0.4, 0.5) is 0 Å². The molecular formula is C16H25BrN2Si. The summed E-state index contributed by atoms with van der Waals surface area (Å²) in [7, 11) is -1.75. The van der Waals surface area contributed by atoms with Crippen LogP contribution in [0.3, 0.4) is 0 Å². The zero-order valence-corrected chi connectivity index (χ0v) is 15.9. The van der Waals surface area contributed by atoms with Gasteiger partial charge in [-0.05, 0) is 28.8 Å². The smallest absolute Gasteiger partial charge is 0.193 e. The van der Waals surface area contributed by atoms with Crippen LogP contribution in [0.15, 0.2) is 28.9 Å². The van der Waals surface area contributed by atoms with Gasteiger partial charge >= 0.3 is 0 Å². The van der Waals surface area contributed by atoms with Crippen LogP contribution in [0, 0.1) is 0 Å². The van der Waals surface area contributed by atoms with Crippen LogP contribution in [-0.2, 0) is 0 Å². The van der Waals surface area contributed by atoms with Crippen LogP contribution in [0.2, 0.25) is 16.6 Å². The molecule has 0 fully saturated rings. The van der Waals surface area contributed by atoms with E-state index in [0.717, 1.165) is 4.47 Å². The van der Waals surface area contributed by atoms with Gasteiger partial charge in [0.2, 0.25) is 0 Å². The average Bonchev–Trinajstić information content (AvgIpc) is 2.72. The lowest BCUT2D eigenvalue weighted by Crippen LogP contribution is -2.52. The SMILES string of the molecule is CC(C)[Si](C(C)C)(C(C)C)n1ncc2ccc(Br)cc21. The van der Waals surface area contributed by atoms with Gasteiger partial charge < -0.3 is 0 Å². The summed E-state index contributed by atoms with van der Waals surface area (Å²) in [6.45, 7) is 14.2. The summed E-state index contributed by atoms with van der Waals surface area (Å²) in [5, 5.41) is 6.07. The zero-order valence-electron chi connectivity index (χ0n) is 13.3. The van der Waals surface area contributed by atoms with Gasteiger partial charge in [0.25, 0.3) is 0 Å². The van der Waals surface area contributed by atoms with Gasteiger partial charge in [-0.15, -0.1) is 0 Å². The molecule has 0 amide bonds. The standard InChI is InChI=1S/C16H25BrN2Si/c1-11(2)20(12(3)4,13(5)6)19-16-9-15(17)8-7-14(16)10-18-19/h7-13H,1-6H3. The Morgan fingerprint density at radius 2 is 1.55 bits per heavy atom. The quantitative estimate of drug-likeness (QED) is 0.633. The summed E-state index contributed by atoms with van der Waals surface area (Å²) in [4.78, 5) is 0. The molecule has 0 saturated heterocycles. The largest absolute Gasteiger partial charge is 0.293 e. The Kier molecular flexibility index (Phi) is 4.45. The molecule has 2 nitrogen and oxygen atoms in total. The molecule has 0 spiro atoms. The number of hydrogen-bond donors (Lipinski definition) is 0. The molecule has 2 rings (SSSR count). The van der Waals surface area contributed by atoms with Crippen LogP contribution >= 0.6 is 15.9 Å². The fourth-order valence-corrected chi connectivity index (χ4v) is 10.7. The van der Waals surface area contributed by atoms with E-state index in [1.165, 1.54) is 10.9 Å². The summed E-state index contributed by atoms with van der Waals surface area (Å²) in [5.74, 6) is 0. The van der Waals surface area contributed by atoms with Crippen molar-refractivity contribution in [2.75, 3.05) is 0 Å². The molecule has 0 saturated carbocycles. The van der Waals surface area contributed by atoms with Gasteiger partial charge in [-0.1, -0.05) is 63.5 Å². The molecule has 0 atom stereocenters.